The number of aromatic nitrogens is 3. The number of fused-ring (bicyclic) bond motifs is 1. The maximum absolute atomic E-state index is 6.05. The van der Waals surface area contributed by atoms with Crippen molar-refractivity contribution in [1.29, 1.82) is 0 Å². The molecule has 90 valence electrons. The summed E-state index contributed by atoms with van der Waals surface area (Å²) in [5.74, 6) is 0.880. The highest BCUT2D eigenvalue weighted by Crippen LogP contribution is 2.12. The molecule has 0 radical (unpaired) electrons. The van der Waals surface area contributed by atoms with E-state index in [1.54, 1.807) is 4.52 Å². The molecule has 0 unspecified atom stereocenters. The van der Waals surface area contributed by atoms with Gasteiger partial charge in [-0.05, 0) is 38.1 Å². The summed E-state index contributed by atoms with van der Waals surface area (Å²) >= 11 is 6.05. The Balaban J connectivity index is 1.74. The first-order valence-electron chi connectivity index (χ1n) is 6.05. The summed E-state index contributed by atoms with van der Waals surface area (Å²) in [5, 5.41) is 5.03. The fourth-order valence-corrected chi connectivity index (χ4v) is 2.49. The lowest BCUT2D eigenvalue weighted by Gasteiger charge is -2.12. The van der Waals surface area contributed by atoms with E-state index in [0.717, 1.165) is 24.4 Å². The van der Waals surface area contributed by atoms with Crippen molar-refractivity contribution < 1.29 is 0 Å². The van der Waals surface area contributed by atoms with Gasteiger partial charge in [0.2, 0.25) is 0 Å². The van der Waals surface area contributed by atoms with E-state index in [0.29, 0.717) is 5.15 Å². The van der Waals surface area contributed by atoms with Crippen LogP contribution in [0.4, 0.5) is 0 Å². The van der Waals surface area contributed by atoms with Gasteiger partial charge in [0.1, 0.15) is 5.15 Å². The van der Waals surface area contributed by atoms with Crippen LogP contribution in [0.3, 0.4) is 0 Å². The minimum Gasteiger partial charge on any atom is -0.303 e. The summed E-state index contributed by atoms with van der Waals surface area (Å²) in [5.41, 5.74) is 0.828. The van der Waals surface area contributed by atoms with Gasteiger partial charge in [-0.2, -0.15) is 0 Å². The van der Waals surface area contributed by atoms with Crippen LogP contribution in [0.2, 0.25) is 5.15 Å². The second kappa shape index (κ2) is 4.63. The molecule has 4 nitrogen and oxygen atoms in total. The first-order chi connectivity index (χ1) is 8.33. The van der Waals surface area contributed by atoms with Gasteiger partial charge in [-0.1, -0.05) is 17.7 Å². The summed E-state index contributed by atoms with van der Waals surface area (Å²) < 4.78 is 1.70. The molecule has 0 spiro atoms. The number of hydrogen-bond acceptors (Lipinski definition) is 3. The quantitative estimate of drug-likeness (QED) is 0.782. The Hall–Kier alpha value is -1.13. The first kappa shape index (κ1) is 11.0. The number of likely N-dealkylation sites (tertiary alicyclic amines) is 1. The van der Waals surface area contributed by atoms with E-state index in [1.165, 1.54) is 25.9 Å². The lowest BCUT2D eigenvalue weighted by atomic mass is 10.4. The molecule has 3 rings (SSSR count). The van der Waals surface area contributed by atoms with Gasteiger partial charge in [0.25, 0.3) is 0 Å². The van der Waals surface area contributed by atoms with E-state index in [-0.39, 0.29) is 0 Å². The van der Waals surface area contributed by atoms with Crippen LogP contribution in [0.1, 0.15) is 18.7 Å². The molecule has 0 atom stereocenters. The lowest BCUT2D eigenvalue weighted by Crippen LogP contribution is -2.22. The van der Waals surface area contributed by atoms with Crippen molar-refractivity contribution in [2.45, 2.75) is 19.3 Å². The molecule has 1 aliphatic heterocycles. The Morgan fingerprint density at radius 1 is 1.24 bits per heavy atom. The molecule has 1 aliphatic rings. The third-order valence-corrected chi connectivity index (χ3v) is 3.49. The summed E-state index contributed by atoms with van der Waals surface area (Å²) in [6.45, 7) is 3.48. The van der Waals surface area contributed by atoms with E-state index >= 15 is 0 Å². The Morgan fingerprint density at radius 3 is 2.82 bits per heavy atom. The van der Waals surface area contributed by atoms with Crippen LogP contribution in [0.25, 0.3) is 5.65 Å². The van der Waals surface area contributed by atoms with E-state index < -0.39 is 0 Å². The van der Waals surface area contributed by atoms with Gasteiger partial charge in [-0.15, -0.1) is 5.10 Å². The van der Waals surface area contributed by atoms with Crippen LogP contribution in [0.15, 0.2) is 18.2 Å². The predicted molar refractivity (Wildman–Crippen MR) is 67.4 cm³/mol. The SMILES string of the molecule is Clc1cccc2nc(CCN3CCCC3)nn12. The number of pyridine rings is 1. The van der Waals surface area contributed by atoms with Crippen LogP contribution in [-0.4, -0.2) is 39.1 Å². The molecule has 0 amide bonds. The van der Waals surface area contributed by atoms with Crippen molar-refractivity contribution in [3.05, 3.63) is 29.2 Å². The smallest absolute Gasteiger partial charge is 0.157 e. The number of hydrogen-bond donors (Lipinski definition) is 0. The largest absolute Gasteiger partial charge is 0.303 e. The van der Waals surface area contributed by atoms with Gasteiger partial charge >= 0.3 is 0 Å². The summed E-state index contributed by atoms with van der Waals surface area (Å²) in [7, 11) is 0. The molecule has 0 bridgehead atoms. The molecule has 0 aromatic carbocycles. The van der Waals surface area contributed by atoms with Gasteiger partial charge in [0.05, 0.1) is 0 Å². The van der Waals surface area contributed by atoms with Crippen molar-refractivity contribution in [2.24, 2.45) is 0 Å². The maximum Gasteiger partial charge on any atom is 0.157 e. The van der Waals surface area contributed by atoms with Crippen molar-refractivity contribution in [2.75, 3.05) is 19.6 Å². The molecular weight excluding hydrogens is 236 g/mol. The van der Waals surface area contributed by atoms with Crippen LogP contribution >= 0.6 is 11.6 Å². The topological polar surface area (TPSA) is 33.4 Å². The van der Waals surface area contributed by atoms with Crippen LogP contribution in [-0.2, 0) is 6.42 Å². The summed E-state index contributed by atoms with van der Waals surface area (Å²) in [6.07, 6.45) is 3.55. The molecular formula is C12H15ClN4. The van der Waals surface area contributed by atoms with Crippen LogP contribution < -0.4 is 0 Å². The molecule has 3 heterocycles. The zero-order chi connectivity index (χ0) is 11.7. The zero-order valence-electron chi connectivity index (χ0n) is 9.64. The van der Waals surface area contributed by atoms with Gasteiger partial charge in [0.15, 0.2) is 11.5 Å². The molecule has 2 aromatic heterocycles. The fourth-order valence-electron chi connectivity index (χ4n) is 2.29. The first-order valence-corrected chi connectivity index (χ1v) is 6.43. The van der Waals surface area contributed by atoms with Gasteiger partial charge in [-0.25, -0.2) is 9.50 Å². The number of nitrogens with zero attached hydrogens (tertiary/aromatic N) is 4. The number of halogens is 1. The highest BCUT2D eigenvalue weighted by atomic mass is 35.5. The highest BCUT2D eigenvalue weighted by Gasteiger charge is 2.12. The lowest BCUT2D eigenvalue weighted by molar-refractivity contribution is 0.341. The van der Waals surface area contributed by atoms with Crippen molar-refractivity contribution in [3.8, 4) is 0 Å². The molecule has 1 saturated heterocycles. The van der Waals surface area contributed by atoms with E-state index in [4.69, 9.17) is 11.6 Å². The summed E-state index contributed by atoms with van der Waals surface area (Å²) in [6, 6.07) is 5.66. The van der Waals surface area contributed by atoms with E-state index in [1.807, 2.05) is 18.2 Å². The zero-order valence-corrected chi connectivity index (χ0v) is 10.4. The van der Waals surface area contributed by atoms with Gasteiger partial charge in [0, 0.05) is 13.0 Å². The van der Waals surface area contributed by atoms with Crippen LogP contribution in [0.5, 0.6) is 0 Å². The molecule has 0 N–H and O–H groups in total. The molecule has 2 aromatic rings. The second-order valence-electron chi connectivity index (χ2n) is 4.45. The monoisotopic (exact) mass is 250 g/mol. The van der Waals surface area contributed by atoms with Crippen molar-refractivity contribution >= 4 is 17.2 Å². The Bertz CT molecular complexity index is 516. The Morgan fingerprint density at radius 2 is 2.06 bits per heavy atom. The third-order valence-electron chi connectivity index (χ3n) is 3.21. The van der Waals surface area contributed by atoms with E-state index in [9.17, 15) is 0 Å². The predicted octanol–water partition coefficient (Wildman–Crippen LogP) is 2.02. The fraction of sp³-hybridized carbons (Fsp3) is 0.500. The average Bonchev–Trinajstić information content (AvgIpc) is 2.95. The summed E-state index contributed by atoms with van der Waals surface area (Å²) in [4.78, 5) is 6.94. The molecule has 5 heteroatoms. The minimum atomic E-state index is 0.613. The average molecular weight is 251 g/mol. The van der Waals surface area contributed by atoms with Gasteiger partial charge in [-0.3, -0.25) is 0 Å². The molecule has 0 aliphatic carbocycles. The van der Waals surface area contributed by atoms with E-state index in [2.05, 4.69) is 15.0 Å². The van der Waals surface area contributed by atoms with Crippen molar-refractivity contribution in [1.82, 2.24) is 19.5 Å². The minimum absolute atomic E-state index is 0.613. The van der Waals surface area contributed by atoms with Crippen molar-refractivity contribution in [3.63, 3.8) is 0 Å². The Kier molecular flexibility index (Phi) is 2.99. The molecule has 0 saturated carbocycles. The highest BCUT2D eigenvalue weighted by molar-refractivity contribution is 6.29. The van der Waals surface area contributed by atoms with Crippen LogP contribution in [0, 0.1) is 0 Å². The second-order valence-corrected chi connectivity index (χ2v) is 4.83. The maximum atomic E-state index is 6.05. The van der Waals surface area contributed by atoms with Gasteiger partial charge < -0.3 is 4.90 Å². The Labute approximate surface area is 105 Å². The standard InChI is InChI=1S/C12H15ClN4/c13-10-4-3-5-12-14-11(15-17(10)12)6-9-16-7-1-2-8-16/h3-5H,1-2,6-9H2. The molecule has 17 heavy (non-hydrogen) atoms. The third kappa shape index (κ3) is 2.28. The normalized spacial score (nSPS) is 17.0. The molecule has 1 fully saturated rings. The number of rotatable bonds is 3.